The Morgan fingerprint density at radius 3 is 2.71 bits per heavy atom. The zero-order valence-corrected chi connectivity index (χ0v) is 13.5. The molecule has 3 rings (SSSR count). The molecule has 110 valence electrons. The molecule has 1 N–H and O–H groups in total. The highest BCUT2D eigenvalue weighted by Crippen LogP contribution is 2.40. The largest absolute Gasteiger partial charge is 0.454 e. The standard InChI is InChI=1S/C15H12BrClFNO2/c1-8(10-4-9(16)2-3-12(10)18)19-13-6-15-14(5-11(13)17)20-7-21-15/h2-6,8,19H,7H2,1H3. The SMILES string of the molecule is CC(Nc1cc2c(cc1Cl)OCO2)c1cc(Br)ccc1F. The van der Waals surface area contributed by atoms with E-state index in [0.717, 1.165) is 4.47 Å². The number of benzene rings is 2. The third-order valence-corrected chi connectivity index (χ3v) is 4.06. The Labute approximate surface area is 135 Å². The molecule has 0 amide bonds. The van der Waals surface area contributed by atoms with E-state index in [9.17, 15) is 4.39 Å². The monoisotopic (exact) mass is 371 g/mol. The van der Waals surface area contributed by atoms with Gasteiger partial charge in [0.05, 0.1) is 16.8 Å². The lowest BCUT2D eigenvalue weighted by Gasteiger charge is -2.18. The van der Waals surface area contributed by atoms with Crippen LogP contribution in [-0.2, 0) is 0 Å². The fraction of sp³-hybridized carbons (Fsp3) is 0.200. The minimum Gasteiger partial charge on any atom is -0.454 e. The molecule has 3 nitrogen and oxygen atoms in total. The van der Waals surface area contributed by atoms with E-state index >= 15 is 0 Å². The van der Waals surface area contributed by atoms with Gasteiger partial charge in [-0.15, -0.1) is 0 Å². The van der Waals surface area contributed by atoms with E-state index < -0.39 is 0 Å². The van der Waals surface area contributed by atoms with Crippen molar-refractivity contribution < 1.29 is 13.9 Å². The highest BCUT2D eigenvalue weighted by molar-refractivity contribution is 9.10. The third-order valence-electron chi connectivity index (χ3n) is 3.26. The summed E-state index contributed by atoms with van der Waals surface area (Å²) in [6.45, 7) is 2.05. The van der Waals surface area contributed by atoms with Crippen LogP contribution in [0.15, 0.2) is 34.8 Å². The summed E-state index contributed by atoms with van der Waals surface area (Å²) in [7, 11) is 0. The minimum atomic E-state index is -0.268. The second kappa shape index (κ2) is 5.73. The van der Waals surface area contributed by atoms with Crippen molar-refractivity contribution in [3.8, 4) is 11.5 Å². The first kappa shape index (κ1) is 14.5. The number of hydrogen-bond donors (Lipinski definition) is 1. The first-order valence-corrected chi connectivity index (χ1v) is 7.52. The molecule has 1 heterocycles. The molecule has 2 aromatic carbocycles. The first-order chi connectivity index (χ1) is 10.0. The maximum Gasteiger partial charge on any atom is 0.231 e. The van der Waals surface area contributed by atoms with Gasteiger partial charge in [0.15, 0.2) is 11.5 Å². The molecular weight excluding hydrogens is 361 g/mol. The van der Waals surface area contributed by atoms with Gasteiger partial charge in [0.1, 0.15) is 5.82 Å². The van der Waals surface area contributed by atoms with Gasteiger partial charge < -0.3 is 14.8 Å². The summed E-state index contributed by atoms with van der Waals surface area (Å²) in [6.07, 6.45) is 0. The number of nitrogens with one attached hydrogen (secondary N) is 1. The Morgan fingerprint density at radius 2 is 1.95 bits per heavy atom. The maximum atomic E-state index is 13.9. The number of fused-ring (bicyclic) bond motifs is 1. The molecule has 0 fully saturated rings. The van der Waals surface area contributed by atoms with Crippen molar-refractivity contribution in [2.45, 2.75) is 13.0 Å². The van der Waals surface area contributed by atoms with Crippen molar-refractivity contribution >= 4 is 33.2 Å². The molecule has 2 aromatic rings. The van der Waals surface area contributed by atoms with Crippen LogP contribution in [0.25, 0.3) is 0 Å². The van der Waals surface area contributed by atoms with E-state index in [-0.39, 0.29) is 18.7 Å². The van der Waals surface area contributed by atoms with Crippen molar-refractivity contribution in [1.82, 2.24) is 0 Å². The van der Waals surface area contributed by atoms with Gasteiger partial charge in [0, 0.05) is 22.2 Å². The Kier molecular flexibility index (Phi) is 3.95. The summed E-state index contributed by atoms with van der Waals surface area (Å²) in [6, 6.07) is 8.04. The van der Waals surface area contributed by atoms with Crippen LogP contribution in [0.5, 0.6) is 11.5 Å². The van der Waals surface area contributed by atoms with Crippen LogP contribution in [0.4, 0.5) is 10.1 Å². The topological polar surface area (TPSA) is 30.5 Å². The predicted molar refractivity (Wildman–Crippen MR) is 83.7 cm³/mol. The van der Waals surface area contributed by atoms with Gasteiger partial charge in [-0.25, -0.2) is 4.39 Å². The number of halogens is 3. The fourth-order valence-electron chi connectivity index (χ4n) is 2.19. The molecule has 0 radical (unpaired) electrons. The van der Waals surface area contributed by atoms with Gasteiger partial charge in [-0.05, 0) is 25.1 Å². The minimum absolute atomic E-state index is 0.185. The molecule has 0 aromatic heterocycles. The lowest BCUT2D eigenvalue weighted by molar-refractivity contribution is 0.174. The molecule has 0 spiro atoms. The number of anilines is 1. The average molecular weight is 373 g/mol. The molecule has 0 saturated heterocycles. The maximum absolute atomic E-state index is 13.9. The van der Waals surface area contributed by atoms with Gasteiger partial charge in [0.2, 0.25) is 6.79 Å². The lowest BCUT2D eigenvalue weighted by Crippen LogP contribution is -2.09. The van der Waals surface area contributed by atoms with Gasteiger partial charge in [-0.2, -0.15) is 0 Å². The van der Waals surface area contributed by atoms with Gasteiger partial charge >= 0.3 is 0 Å². The number of hydrogen-bond acceptors (Lipinski definition) is 3. The smallest absolute Gasteiger partial charge is 0.231 e. The molecule has 1 aliphatic rings. The zero-order valence-electron chi connectivity index (χ0n) is 11.1. The van der Waals surface area contributed by atoms with E-state index in [4.69, 9.17) is 21.1 Å². The van der Waals surface area contributed by atoms with Crippen molar-refractivity contribution in [1.29, 1.82) is 0 Å². The van der Waals surface area contributed by atoms with E-state index in [2.05, 4.69) is 21.2 Å². The predicted octanol–water partition coefficient (Wildman–Crippen LogP) is 5.14. The first-order valence-electron chi connectivity index (χ1n) is 6.35. The number of rotatable bonds is 3. The van der Waals surface area contributed by atoms with Gasteiger partial charge in [-0.3, -0.25) is 0 Å². The Bertz CT molecular complexity index is 696. The van der Waals surface area contributed by atoms with Crippen molar-refractivity contribution in [2.75, 3.05) is 12.1 Å². The fourth-order valence-corrected chi connectivity index (χ4v) is 2.77. The van der Waals surface area contributed by atoms with Crippen molar-refractivity contribution in [3.63, 3.8) is 0 Å². The van der Waals surface area contributed by atoms with Crippen LogP contribution in [0.2, 0.25) is 5.02 Å². The molecule has 0 saturated carbocycles. The molecule has 6 heteroatoms. The zero-order chi connectivity index (χ0) is 15.0. The summed E-state index contributed by atoms with van der Waals surface area (Å²) in [5.41, 5.74) is 1.23. The lowest BCUT2D eigenvalue weighted by atomic mass is 10.1. The highest BCUT2D eigenvalue weighted by atomic mass is 79.9. The summed E-state index contributed by atoms with van der Waals surface area (Å²) in [5, 5.41) is 3.70. The molecule has 1 aliphatic heterocycles. The van der Waals surface area contributed by atoms with Crippen molar-refractivity contribution in [3.05, 3.63) is 51.2 Å². The second-order valence-corrected chi connectivity index (χ2v) is 6.04. The molecule has 0 bridgehead atoms. The Hall–Kier alpha value is -1.46. The van der Waals surface area contributed by atoms with Crippen LogP contribution in [-0.4, -0.2) is 6.79 Å². The molecule has 21 heavy (non-hydrogen) atoms. The Morgan fingerprint density at radius 1 is 1.24 bits per heavy atom. The van der Waals surface area contributed by atoms with Gasteiger partial charge in [-0.1, -0.05) is 27.5 Å². The van der Waals surface area contributed by atoms with Crippen molar-refractivity contribution in [2.24, 2.45) is 0 Å². The van der Waals surface area contributed by atoms with Gasteiger partial charge in [0.25, 0.3) is 0 Å². The highest BCUT2D eigenvalue weighted by Gasteiger charge is 2.18. The summed E-state index contributed by atoms with van der Waals surface area (Å²) in [5.74, 6) is 0.978. The van der Waals surface area contributed by atoms with E-state index in [1.54, 1.807) is 24.3 Å². The molecule has 0 aliphatic carbocycles. The summed E-state index contributed by atoms with van der Waals surface area (Å²) in [4.78, 5) is 0. The van der Waals surface area contributed by atoms with Crippen LogP contribution >= 0.6 is 27.5 Å². The van der Waals surface area contributed by atoms with Crippen LogP contribution in [0.1, 0.15) is 18.5 Å². The van der Waals surface area contributed by atoms with E-state index in [1.165, 1.54) is 6.07 Å². The Balaban J connectivity index is 1.88. The van der Waals surface area contributed by atoms with Crippen LogP contribution < -0.4 is 14.8 Å². The average Bonchev–Trinajstić information content (AvgIpc) is 2.88. The van der Waals surface area contributed by atoms with E-state index in [1.807, 2.05) is 6.92 Å². The third kappa shape index (κ3) is 2.94. The van der Waals surface area contributed by atoms with Crippen LogP contribution in [0, 0.1) is 5.82 Å². The quantitative estimate of drug-likeness (QED) is 0.809. The number of ether oxygens (including phenoxy) is 2. The summed E-state index contributed by atoms with van der Waals surface area (Å²) >= 11 is 9.56. The van der Waals surface area contributed by atoms with Crippen LogP contribution in [0.3, 0.4) is 0 Å². The molecule has 1 atom stereocenters. The summed E-state index contributed by atoms with van der Waals surface area (Å²) < 4.78 is 25.3. The van der Waals surface area contributed by atoms with E-state index in [0.29, 0.717) is 27.8 Å². The second-order valence-electron chi connectivity index (χ2n) is 4.72. The molecular formula is C15H12BrClFNO2. The normalized spacial score (nSPS) is 14.1. The molecule has 1 unspecified atom stereocenters.